The zero-order chi connectivity index (χ0) is 12.0. The summed E-state index contributed by atoms with van der Waals surface area (Å²) in [5.74, 6) is 0.865. The molecule has 1 rings (SSSR count). The van der Waals surface area contributed by atoms with E-state index in [0.717, 1.165) is 12.0 Å². The lowest BCUT2D eigenvalue weighted by Crippen LogP contribution is -2.46. The van der Waals surface area contributed by atoms with Gasteiger partial charge in [0, 0.05) is 18.6 Å². The van der Waals surface area contributed by atoms with Crippen LogP contribution >= 0.6 is 0 Å². The number of rotatable bonds is 7. The molecule has 1 aliphatic rings. The van der Waals surface area contributed by atoms with Gasteiger partial charge in [-0.05, 0) is 31.8 Å². The highest BCUT2D eigenvalue weighted by Crippen LogP contribution is 2.22. The summed E-state index contributed by atoms with van der Waals surface area (Å²) in [5.41, 5.74) is 0. The molecule has 16 heavy (non-hydrogen) atoms. The predicted molar refractivity (Wildman–Crippen MR) is 71.8 cm³/mol. The minimum atomic E-state index is 0.611. The lowest BCUT2D eigenvalue weighted by atomic mass is 9.92. The summed E-state index contributed by atoms with van der Waals surface area (Å²) < 4.78 is 0. The van der Waals surface area contributed by atoms with Crippen LogP contribution in [-0.2, 0) is 0 Å². The van der Waals surface area contributed by atoms with Crippen LogP contribution in [-0.4, -0.2) is 36.6 Å². The first-order chi connectivity index (χ1) is 7.69. The molecule has 0 bridgehead atoms. The molecule has 0 spiro atoms. The van der Waals surface area contributed by atoms with Crippen molar-refractivity contribution in [1.29, 1.82) is 0 Å². The third-order valence-corrected chi connectivity index (χ3v) is 3.94. The SMILES string of the molecule is CCC(CC)C(CNC(C)C)N1CCCC1. The van der Waals surface area contributed by atoms with Gasteiger partial charge in [-0.25, -0.2) is 0 Å². The van der Waals surface area contributed by atoms with Gasteiger partial charge in [-0.15, -0.1) is 0 Å². The van der Waals surface area contributed by atoms with Crippen molar-refractivity contribution in [2.45, 2.75) is 65.5 Å². The monoisotopic (exact) mass is 226 g/mol. The standard InChI is InChI=1S/C14H30N2/c1-5-13(6-2)14(11-15-12(3)4)16-9-7-8-10-16/h12-15H,5-11H2,1-4H3. The summed E-state index contributed by atoms with van der Waals surface area (Å²) in [7, 11) is 0. The number of hydrogen-bond acceptors (Lipinski definition) is 2. The van der Waals surface area contributed by atoms with Crippen LogP contribution in [0.4, 0.5) is 0 Å². The minimum absolute atomic E-state index is 0.611. The van der Waals surface area contributed by atoms with Gasteiger partial charge in [-0.3, -0.25) is 4.90 Å². The topological polar surface area (TPSA) is 15.3 Å². The highest BCUT2D eigenvalue weighted by molar-refractivity contribution is 4.83. The van der Waals surface area contributed by atoms with Crippen LogP contribution in [0, 0.1) is 5.92 Å². The Morgan fingerprint density at radius 2 is 1.62 bits per heavy atom. The third kappa shape index (κ3) is 4.06. The van der Waals surface area contributed by atoms with Gasteiger partial charge >= 0.3 is 0 Å². The molecule has 0 saturated carbocycles. The zero-order valence-electron chi connectivity index (χ0n) is 11.6. The zero-order valence-corrected chi connectivity index (χ0v) is 11.6. The Labute approximate surface area is 102 Å². The molecule has 1 saturated heterocycles. The molecule has 2 nitrogen and oxygen atoms in total. The first kappa shape index (κ1) is 14.0. The molecular weight excluding hydrogens is 196 g/mol. The van der Waals surface area contributed by atoms with Gasteiger partial charge in [-0.1, -0.05) is 40.5 Å². The second-order valence-electron chi connectivity index (χ2n) is 5.45. The van der Waals surface area contributed by atoms with Gasteiger partial charge in [0.2, 0.25) is 0 Å². The Bertz CT molecular complexity index is 168. The molecule has 0 amide bonds. The molecule has 1 atom stereocenters. The van der Waals surface area contributed by atoms with Crippen molar-refractivity contribution in [2.24, 2.45) is 5.92 Å². The maximum Gasteiger partial charge on any atom is 0.0248 e. The van der Waals surface area contributed by atoms with Crippen molar-refractivity contribution in [1.82, 2.24) is 10.2 Å². The molecular formula is C14H30N2. The van der Waals surface area contributed by atoms with Crippen LogP contribution in [0.5, 0.6) is 0 Å². The molecule has 0 radical (unpaired) electrons. The quantitative estimate of drug-likeness (QED) is 0.718. The van der Waals surface area contributed by atoms with E-state index < -0.39 is 0 Å². The summed E-state index contributed by atoms with van der Waals surface area (Å²) in [5, 5.41) is 3.63. The first-order valence-corrected chi connectivity index (χ1v) is 7.16. The summed E-state index contributed by atoms with van der Waals surface area (Å²) in [6, 6.07) is 1.37. The van der Waals surface area contributed by atoms with Gasteiger partial charge in [0.15, 0.2) is 0 Å². The lowest BCUT2D eigenvalue weighted by molar-refractivity contribution is 0.159. The van der Waals surface area contributed by atoms with E-state index in [9.17, 15) is 0 Å². The first-order valence-electron chi connectivity index (χ1n) is 7.16. The largest absolute Gasteiger partial charge is 0.313 e. The fourth-order valence-electron chi connectivity index (χ4n) is 2.86. The maximum absolute atomic E-state index is 3.63. The van der Waals surface area contributed by atoms with Gasteiger partial charge in [0.1, 0.15) is 0 Å². The summed E-state index contributed by atoms with van der Waals surface area (Å²) >= 11 is 0. The van der Waals surface area contributed by atoms with Crippen LogP contribution in [0.3, 0.4) is 0 Å². The van der Waals surface area contributed by atoms with E-state index in [1.807, 2.05) is 0 Å². The van der Waals surface area contributed by atoms with Crippen LogP contribution in [0.15, 0.2) is 0 Å². The molecule has 1 heterocycles. The Morgan fingerprint density at radius 1 is 1.06 bits per heavy atom. The van der Waals surface area contributed by atoms with Crippen molar-refractivity contribution in [3.8, 4) is 0 Å². The van der Waals surface area contributed by atoms with E-state index >= 15 is 0 Å². The second kappa shape index (κ2) is 7.29. The van der Waals surface area contributed by atoms with E-state index in [-0.39, 0.29) is 0 Å². The van der Waals surface area contributed by atoms with Crippen LogP contribution in [0.25, 0.3) is 0 Å². The molecule has 1 N–H and O–H groups in total. The third-order valence-electron chi connectivity index (χ3n) is 3.94. The molecule has 1 aliphatic heterocycles. The van der Waals surface area contributed by atoms with Gasteiger partial charge in [0.25, 0.3) is 0 Å². The molecule has 1 fully saturated rings. The van der Waals surface area contributed by atoms with E-state index in [2.05, 4.69) is 37.9 Å². The summed E-state index contributed by atoms with van der Waals surface area (Å²) in [6.45, 7) is 13.0. The average Bonchev–Trinajstić information content (AvgIpc) is 2.77. The number of likely N-dealkylation sites (tertiary alicyclic amines) is 1. The summed E-state index contributed by atoms with van der Waals surface area (Å²) in [6.07, 6.45) is 5.44. The molecule has 0 aromatic carbocycles. The Balaban J connectivity index is 2.52. The number of nitrogens with zero attached hydrogens (tertiary/aromatic N) is 1. The second-order valence-corrected chi connectivity index (χ2v) is 5.45. The van der Waals surface area contributed by atoms with Crippen molar-refractivity contribution in [3.05, 3.63) is 0 Å². The number of hydrogen-bond donors (Lipinski definition) is 1. The number of nitrogens with one attached hydrogen (secondary N) is 1. The van der Waals surface area contributed by atoms with Crippen molar-refractivity contribution in [3.63, 3.8) is 0 Å². The summed E-state index contributed by atoms with van der Waals surface area (Å²) in [4.78, 5) is 2.72. The Hall–Kier alpha value is -0.0800. The van der Waals surface area contributed by atoms with E-state index in [0.29, 0.717) is 6.04 Å². The fourth-order valence-corrected chi connectivity index (χ4v) is 2.86. The molecule has 0 aromatic heterocycles. The Morgan fingerprint density at radius 3 is 2.06 bits per heavy atom. The smallest absolute Gasteiger partial charge is 0.0248 e. The molecule has 2 heteroatoms. The van der Waals surface area contributed by atoms with Gasteiger partial charge < -0.3 is 5.32 Å². The maximum atomic E-state index is 3.63. The molecule has 0 aromatic rings. The minimum Gasteiger partial charge on any atom is -0.313 e. The van der Waals surface area contributed by atoms with Crippen molar-refractivity contribution in [2.75, 3.05) is 19.6 Å². The van der Waals surface area contributed by atoms with Crippen molar-refractivity contribution >= 4 is 0 Å². The van der Waals surface area contributed by atoms with Crippen molar-refractivity contribution < 1.29 is 0 Å². The van der Waals surface area contributed by atoms with Gasteiger partial charge in [0.05, 0.1) is 0 Å². The molecule has 1 unspecified atom stereocenters. The van der Waals surface area contributed by atoms with Crippen LogP contribution in [0.2, 0.25) is 0 Å². The van der Waals surface area contributed by atoms with E-state index in [1.165, 1.54) is 45.3 Å². The fraction of sp³-hybridized carbons (Fsp3) is 1.00. The highest BCUT2D eigenvalue weighted by atomic mass is 15.2. The van der Waals surface area contributed by atoms with Crippen LogP contribution < -0.4 is 5.32 Å². The lowest BCUT2D eigenvalue weighted by Gasteiger charge is -2.34. The molecule has 96 valence electrons. The molecule has 0 aliphatic carbocycles. The average molecular weight is 226 g/mol. The van der Waals surface area contributed by atoms with Crippen LogP contribution in [0.1, 0.15) is 53.4 Å². The predicted octanol–water partition coefficient (Wildman–Crippen LogP) is 2.89. The van der Waals surface area contributed by atoms with E-state index in [1.54, 1.807) is 0 Å². The normalized spacial score (nSPS) is 19.9. The Kier molecular flexibility index (Phi) is 6.37. The van der Waals surface area contributed by atoms with E-state index in [4.69, 9.17) is 0 Å². The highest BCUT2D eigenvalue weighted by Gasteiger charge is 2.27. The van der Waals surface area contributed by atoms with Gasteiger partial charge in [-0.2, -0.15) is 0 Å².